The average molecular weight is 680 g/mol. The monoisotopic (exact) mass is 679 g/mol. The molecule has 0 bridgehead atoms. The van der Waals surface area contributed by atoms with E-state index in [1.807, 2.05) is 29.2 Å². The molecule has 1 aliphatic carbocycles. The topological polar surface area (TPSA) is 43.9 Å². The highest BCUT2D eigenvalue weighted by Crippen LogP contribution is 2.34. The number of hydrogen-bond acceptors (Lipinski definition) is 5. The summed E-state index contributed by atoms with van der Waals surface area (Å²) in [5, 5.41) is -0.0931. The van der Waals surface area contributed by atoms with Crippen LogP contribution in [0.5, 0.6) is 0 Å². The maximum absolute atomic E-state index is 14.2. The first-order valence-corrected chi connectivity index (χ1v) is 17.9. The molecule has 1 aliphatic rings. The van der Waals surface area contributed by atoms with Crippen LogP contribution in [0, 0.1) is 5.82 Å². The van der Waals surface area contributed by atoms with E-state index in [0.29, 0.717) is 25.3 Å². The van der Waals surface area contributed by atoms with Gasteiger partial charge in [-0.25, -0.2) is 13.2 Å². The van der Waals surface area contributed by atoms with E-state index in [1.165, 1.54) is 24.3 Å². The van der Waals surface area contributed by atoms with Crippen LogP contribution in [0.2, 0.25) is 0 Å². The normalized spacial score (nSPS) is 14.0. The number of alkyl halides is 2. The molecule has 0 radical (unpaired) electrons. The number of Topliss-reactive ketones (excluding diaryl/α,β-unsaturated/α-hetero) is 1. The van der Waals surface area contributed by atoms with Gasteiger partial charge in [0.2, 0.25) is 5.91 Å². The molecule has 3 aromatic carbocycles. The Labute approximate surface area is 288 Å². The van der Waals surface area contributed by atoms with Crippen LogP contribution in [0.25, 0.3) is 11.1 Å². The molecule has 0 spiro atoms. The number of rotatable bonds is 17. The van der Waals surface area contributed by atoms with E-state index in [2.05, 4.69) is 30.6 Å². The van der Waals surface area contributed by atoms with Crippen molar-refractivity contribution in [1.29, 1.82) is 0 Å². The minimum absolute atomic E-state index is 0.0150. The van der Waals surface area contributed by atoms with Gasteiger partial charge in [-0.15, -0.1) is 11.8 Å². The van der Waals surface area contributed by atoms with Crippen molar-refractivity contribution < 1.29 is 22.8 Å². The molecule has 4 rings (SSSR count). The van der Waals surface area contributed by atoms with Crippen molar-refractivity contribution in [2.45, 2.75) is 77.5 Å². The first kappa shape index (κ1) is 37.3. The summed E-state index contributed by atoms with van der Waals surface area (Å²) in [6, 6.07) is 20.7. The van der Waals surface area contributed by atoms with E-state index in [0.717, 1.165) is 72.9 Å². The number of amides is 1. The molecule has 0 saturated heterocycles. The summed E-state index contributed by atoms with van der Waals surface area (Å²) in [4.78, 5) is 33.2. The lowest BCUT2D eigenvalue weighted by Gasteiger charge is -2.35. The van der Waals surface area contributed by atoms with Gasteiger partial charge in [0.15, 0.2) is 5.78 Å². The van der Waals surface area contributed by atoms with Gasteiger partial charge < -0.3 is 14.7 Å². The van der Waals surface area contributed by atoms with Gasteiger partial charge >= 0.3 is 0 Å². The molecular formula is C39H48F3N3O2S. The van der Waals surface area contributed by atoms with Crippen molar-refractivity contribution in [1.82, 2.24) is 14.7 Å². The molecule has 0 aromatic heterocycles. The molecule has 1 atom stereocenters. The first-order valence-electron chi connectivity index (χ1n) is 16.8. The summed E-state index contributed by atoms with van der Waals surface area (Å²) in [5.74, 6) is -2.48. The smallest absolute Gasteiger partial charge is 0.270 e. The summed E-state index contributed by atoms with van der Waals surface area (Å²) in [7, 11) is 0. The van der Waals surface area contributed by atoms with Crippen molar-refractivity contribution in [2.75, 3.05) is 32.7 Å². The van der Waals surface area contributed by atoms with Gasteiger partial charge in [0, 0.05) is 49.1 Å². The van der Waals surface area contributed by atoms with Gasteiger partial charge in [-0.3, -0.25) is 9.59 Å². The number of nitrogens with zero attached hydrogens (tertiary/aromatic N) is 3. The third-order valence-corrected chi connectivity index (χ3v) is 10.3. The Morgan fingerprint density at radius 3 is 2.00 bits per heavy atom. The number of carbonyl (C=O) groups excluding carboxylic acids is 2. The Kier molecular flexibility index (Phi) is 13.4. The number of benzene rings is 3. The number of carbonyl (C=O) groups is 2. The molecule has 1 amide bonds. The first-order chi connectivity index (χ1) is 22.9. The van der Waals surface area contributed by atoms with Crippen LogP contribution in [0.15, 0.2) is 84.1 Å². The molecule has 0 aliphatic heterocycles. The SMILES string of the molecule is CCN(CC)CCN(Cc1ccc(-c2ccc(C(C)(F)F)cc2)cc1)C(=O)CN(C1=C(C(C)=O)CCC1)C(C)SCc1ccc(F)cc1. The molecule has 0 fully saturated rings. The Bertz CT molecular complexity index is 1530. The Morgan fingerprint density at radius 1 is 0.854 bits per heavy atom. The van der Waals surface area contributed by atoms with E-state index in [9.17, 15) is 22.8 Å². The molecule has 0 heterocycles. The van der Waals surface area contributed by atoms with E-state index < -0.39 is 5.92 Å². The van der Waals surface area contributed by atoms with E-state index in [4.69, 9.17) is 0 Å². The van der Waals surface area contributed by atoms with E-state index >= 15 is 0 Å². The van der Waals surface area contributed by atoms with E-state index in [1.54, 1.807) is 43.0 Å². The lowest BCUT2D eigenvalue weighted by atomic mass is 10.0. The standard InChI is InChI=1S/C39H48F3N3O2S/c1-6-43(7-2)23-24-44(25-30-11-15-32(16-12-30)33-17-19-34(20-18-33)39(5,41)42)38(47)26-45(37-10-8-9-36(37)28(3)46)29(4)48-27-31-13-21-35(40)22-14-31/h11-22,29H,6-10,23-27H2,1-5H3. The van der Waals surface area contributed by atoms with E-state index in [-0.39, 0.29) is 35.0 Å². The lowest BCUT2D eigenvalue weighted by molar-refractivity contribution is -0.133. The predicted molar refractivity (Wildman–Crippen MR) is 190 cm³/mol. The summed E-state index contributed by atoms with van der Waals surface area (Å²) in [6.07, 6.45) is 2.35. The zero-order valence-corrected chi connectivity index (χ0v) is 29.6. The largest absolute Gasteiger partial charge is 0.353 e. The molecule has 3 aromatic rings. The highest BCUT2D eigenvalue weighted by atomic mass is 32.2. The van der Waals surface area contributed by atoms with Crippen LogP contribution in [0.1, 0.15) is 70.6 Å². The molecule has 0 N–H and O–H groups in total. The van der Waals surface area contributed by atoms with Gasteiger partial charge in [-0.05, 0) is 80.6 Å². The number of ketones is 1. The van der Waals surface area contributed by atoms with Gasteiger partial charge in [-0.2, -0.15) is 0 Å². The molecule has 5 nitrogen and oxygen atoms in total. The van der Waals surface area contributed by atoms with Crippen LogP contribution >= 0.6 is 11.8 Å². The summed E-state index contributed by atoms with van der Waals surface area (Å²) < 4.78 is 40.9. The zero-order valence-electron chi connectivity index (χ0n) is 28.8. The second kappa shape index (κ2) is 17.2. The van der Waals surface area contributed by atoms with Crippen molar-refractivity contribution in [3.05, 3.63) is 107 Å². The van der Waals surface area contributed by atoms with Crippen molar-refractivity contribution in [3.63, 3.8) is 0 Å². The van der Waals surface area contributed by atoms with Crippen LogP contribution in [-0.4, -0.2) is 64.5 Å². The molecule has 258 valence electrons. The zero-order chi connectivity index (χ0) is 34.8. The quantitative estimate of drug-likeness (QED) is 0.133. The molecular weight excluding hydrogens is 632 g/mol. The van der Waals surface area contributed by atoms with Crippen molar-refractivity contribution in [2.24, 2.45) is 0 Å². The third kappa shape index (κ3) is 10.2. The Balaban J connectivity index is 1.55. The molecule has 1 unspecified atom stereocenters. The second-order valence-corrected chi connectivity index (χ2v) is 13.8. The fourth-order valence-electron chi connectivity index (χ4n) is 6.07. The average Bonchev–Trinajstić information content (AvgIpc) is 3.57. The predicted octanol–water partition coefficient (Wildman–Crippen LogP) is 8.88. The number of thioether (sulfide) groups is 1. The van der Waals surface area contributed by atoms with Crippen LogP contribution in [0.3, 0.4) is 0 Å². The maximum atomic E-state index is 14.2. The Hall–Kier alpha value is -3.56. The van der Waals surface area contributed by atoms with Crippen LogP contribution in [-0.2, 0) is 27.8 Å². The highest BCUT2D eigenvalue weighted by Gasteiger charge is 2.29. The third-order valence-electron chi connectivity index (χ3n) is 9.10. The second-order valence-electron chi connectivity index (χ2n) is 12.5. The van der Waals surface area contributed by atoms with Gasteiger partial charge in [0.05, 0.1) is 11.9 Å². The molecule has 48 heavy (non-hydrogen) atoms. The number of hydrogen-bond donors (Lipinski definition) is 0. The number of allylic oxidation sites excluding steroid dienone is 2. The van der Waals surface area contributed by atoms with Crippen molar-refractivity contribution in [3.8, 4) is 11.1 Å². The summed E-state index contributed by atoms with van der Waals surface area (Å²) in [6.45, 7) is 12.4. The summed E-state index contributed by atoms with van der Waals surface area (Å²) >= 11 is 1.67. The minimum Gasteiger partial charge on any atom is -0.353 e. The number of likely N-dealkylation sites (N-methyl/N-ethyl adjacent to an activating group) is 1. The minimum atomic E-state index is -2.89. The molecule has 9 heteroatoms. The lowest BCUT2D eigenvalue weighted by Crippen LogP contribution is -2.45. The number of halogens is 3. The fraction of sp³-hybridized carbons (Fsp3) is 0.436. The fourth-order valence-corrected chi connectivity index (χ4v) is 7.08. The molecule has 0 saturated carbocycles. The van der Waals surface area contributed by atoms with Crippen molar-refractivity contribution >= 4 is 23.5 Å². The Morgan fingerprint density at radius 2 is 1.44 bits per heavy atom. The van der Waals surface area contributed by atoms with Gasteiger partial charge in [0.1, 0.15) is 5.82 Å². The highest BCUT2D eigenvalue weighted by molar-refractivity contribution is 7.99. The van der Waals surface area contributed by atoms with Crippen LogP contribution < -0.4 is 0 Å². The maximum Gasteiger partial charge on any atom is 0.270 e. The van der Waals surface area contributed by atoms with Gasteiger partial charge in [-0.1, -0.05) is 74.5 Å². The van der Waals surface area contributed by atoms with Gasteiger partial charge in [0.25, 0.3) is 5.92 Å². The summed E-state index contributed by atoms with van der Waals surface area (Å²) in [5.41, 5.74) is 5.46. The van der Waals surface area contributed by atoms with Crippen LogP contribution in [0.4, 0.5) is 13.2 Å².